The second-order valence-corrected chi connectivity index (χ2v) is 4.78. The monoisotopic (exact) mass is 193 g/mol. The molecular weight excluding hydrogens is 178 g/mol. The Hall–Kier alpha value is -0.630. The lowest BCUT2D eigenvalue weighted by Crippen LogP contribution is -2.10. The number of aryl methyl sites for hydroxylation is 1. The van der Waals surface area contributed by atoms with Crippen LogP contribution in [0.5, 0.6) is 0 Å². The highest BCUT2D eigenvalue weighted by Crippen LogP contribution is 2.34. The standard InChI is InChI=1S/C11H15NS/c1-8-6-12-10-5-3-4-9(2)11(10)13-7-8/h3-5,8,12H,6-7H2,1-2H3. The first-order valence-corrected chi connectivity index (χ1v) is 5.72. The number of anilines is 1. The fourth-order valence-corrected chi connectivity index (χ4v) is 2.71. The van der Waals surface area contributed by atoms with E-state index in [0.29, 0.717) is 0 Å². The Morgan fingerprint density at radius 2 is 2.31 bits per heavy atom. The Morgan fingerprint density at radius 3 is 3.15 bits per heavy atom. The van der Waals surface area contributed by atoms with Crippen molar-refractivity contribution in [1.29, 1.82) is 0 Å². The number of fused-ring (bicyclic) bond motifs is 1. The SMILES string of the molecule is Cc1cccc2c1SCC(C)CN2. The molecule has 70 valence electrons. The highest BCUT2D eigenvalue weighted by Gasteiger charge is 2.13. The summed E-state index contributed by atoms with van der Waals surface area (Å²) in [6, 6.07) is 6.48. The van der Waals surface area contributed by atoms with Crippen LogP contribution in [0.4, 0.5) is 5.69 Å². The third kappa shape index (κ3) is 1.83. The molecular formula is C11H15NS. The van der Waals surface area contributed by atoms with Crippen LogP contribution in [-0.4, -0.2) is 12.3 Å². The van der Waals surface area contributed by atoms with Gasteiger partial charge in [0.15, 0.2) is 0 Å². The molecule has 1 aliphatic heterocycles. The van der Waals surface area contributed by atoms with Gasteiger partial charge in [-0.3, -0.25) is 0 Å². The van der Waals surface area contributed by atoms with Gasteiger partial charge in [0, 0.05) is 22.9 Å². The molecule has 0 aromatic heterocycles. The summed E-state index contributed by atoms with van der Waals surface area (Å²) in [6.45, 7) is 5.58. The molecule has 0 saturated heterocycles. The van der Waals surface area contributed by atoms with Gasteiger partial charge in [-0.2, -0.15) is 0 Å². The zero-order valence-electron chi connectivity index (χ0n) is 8.13. The third-order valence-electron chi connectivity index (χ3n) is 2.37. The molecule has 0 spiro atoms. The predicted molar refractivity (Wildman–Crippen MR) is 59.6 cm³/mol. The zero-order chi connectivity index (χ0) is 9.26. The quantitative estimate of drug-likeness (QED) is 0.679. The van der Waals surface area contributed by atoms with E-state index in [1.54, 1.807) is 0 Å². The van der Waals surface area contributed by atoms with Crippen LogP contribution in [0.15, 0.2) is 23.1 Å². The highest BCUT2D eigenvalue weighted by molar-refractivity contribution is 7.99. The van der Waals surface area contributed by atoms with Gasteiger partial charge in [-0.25, -0.2) is 0 Å². The van der Waals surface area contributed by atoms with E-state index in [-0.39, 0.29) is 0 Å². The molecule has 0 aliphatic carbocycles. The number of nitrogens with one attached hydrogen (secondary N) is 1. The average molecular weight is 193 g/mol. The van der Waals surface area contributed by atoms with Gasteiger partial charge in [-0.1, -0.05) is 19.1 Å². The van der Waals surface area contributed by atoms with Gasteiger partial charge in [-0.15, -0.1) is 11.8 Å². The maximum absolute atomic E-state index is 3.49. The lowest BCUT2D eigenvalue weighted by molar-refractivity contribution is 0.705. The first-order valence-electron chi connectivity index (χ1n) is 4.73. The number of rotatable bonds is 0. The van der Waals surface area contributed by atoms with E-state index in [1.165, 1.54) is 21.9 Å². The van der Waals surface area contributed by atoms with Crippen molar-refractivity contribution in [2.45, 2.75) is 18.7 Å². The second kappa shape index (κ2) is 3.62. The lowest BCUT2D eigenvalue weighted by atomic mass is 10.2. The molecule has 2 rings (SSSR count). The van der Waals surface area contributed by atoms with E-state index in [4.69, 9.17) is 0 Å². The van der Waals surface area contributed by atoms with Crippen LogP contribution in [-0.2, 0) is 0 Å². The molecule has 0 bridgehead atoms. The van der Waals surface area contributed by atoms with Crippen molar-refractivity contribution in [1.82, 2.24) is 0 Å². The largest absolute Gasteiger partial charge is 0.384 e. The number of benzene rings is 1. The first kappa shape index (κ1) is 8.95. The first-order chi connectivity index (χ1) is 6.27. The summed E-state index contributed by atoms with van der Waals surface area (Å²) in [5.41, 5.74) is 2.71. The predicted octanol–water partition coefficient (Wildman–Crippen LogP) is 3.15. The van der Waals surface area contributed by atoms with Crippen molar-refractivity contribution in [2.75, 3.05) is 17.6 Å². The topological polar surface area (TPSA) is 12.0 Å². The van der Waals surface area contributed by atoms with Crippen LogP contribution < -0.4 is 5.32 Å². The third-order valence-corrected chi connectivity index (χ3v) is 3.93. The summed E-state index contributed by atoms with van der Waals surface area (Å²) < 4.78 is 0. The molecule has 1 nitrogen and oxygen atoms in total. The molecule has 0 radical (unpaired) electrons. The fourth-order valence-electron chi connectivity index (χ4n) is 1.55. The van der Waals surface area contributed by atoms with Crippen LogP contribution in [0.1, 0.15) is 12.5 Å². The van der Waals surface area contributed by atoms with Gasteiger partial charge < -0.3 is 5.32 Å². The summed E-state index contributed by atoms with van der Waals surface area (Å²) in [5.74, 6) is 1.99. The minimum absolute atomic E-state index is 0.761. The van der Waals surface area contributed by atoms with E-state index in [1.807, 2.05) is 11.8 Å². The fraction of sp³-hybridized carbons (Fsp3) is 0.455. The van der Waals surface area contributed by atoms with Gasteiger partial charge in [-0.05, 0) is 24.5 Å². The van der Waals surface area contributed by atoms with Crippen molar-refractivity contribution < 1.29 is 0 Å². The highest BCUT2D eigenvalue weighted by atomic mass is 32.2. The minimum Gasteiger partial charge on any atom is -0.384 e. The molecule has 2 heteroatoms. The van der Waals surface area contributed by atoms with Crippen molar-refractivity contribution in [3.05, 3.63) is 23.8 Å². The Labute approximate surface area is 83.9 Å². The minimum atomic E-state index is 0.761. The molecule has 13 heavy (non-hydrogen) atoms. The Kier molecular flexibility index (Phi) is 2.49. The van der Waals surface area contributed by atoms with E-state index < -0.39 is 0 Å². The van der Waals surface area contributed by atoms with Crippen molar-refractivity contribution in [3.63, 3.8) is 0 Å². The molecule has 0 fully saturated rings. The van der Waals surface area contributed by atoms with Crippen LogP contribution in [0.25, 0.3) is 0 Å². The van der Waals surface area contributed by atoms with Crippen molar-refractivity contribution in [2.24, 2.45) is 5.92 Å². The smallest absolute Gasteiger partial charge is 0.0481 e. The van der Waals surface area contributed by atoms with Gasteiger partial charge in [0.05, 0.1) is 0 Å². The Morgan fingerprint density at radius 1 is 1.46 bits per heavy atom. The summed E-state index contributed by atoms with van der Waals surface area (Å²) in [5, 5.41) is 3.49. The molecule has 1 aromatic rings. The maximum atomic E-state index is 3.49. The van der Waals surface area contributed by atoms with E-state index in [2.05, 4.69) is 37.4 Å². The average Bonchev–Trinajstić information content (AvgIpc) is 2.30. The Balaban J connectivity index is 2.35. The summed E-state index contributed by atoms with van der Waals surface area (Å²) in [7, 11) is 0. The van der Waals surface area contributed by atoms with Gasteiger partial charge in [0.1, 0.15) is 0 Å². The molecule has 1 heterocycles. The Bertz CT molecular complexity index is 309. The molecule has 0 saturated carbocycles. The molecule has 1 aromatic carbocycles. The summed E-state index contributed by atoms with van der Waals surface area (Å²) in [4.78, 5) is 1.44. The normalized spacial score (nSPS) is 21.5. The zero-order valence-corrected chi connectivity index (χ0v) is 8.95. The molecule has 1 aliphatic rings. The molecule has 1 unspecified atom stereocenters. The summed E-state index contributed by atoms with van der Waals surface area (Å²) in [6.07, 6.45) is 0. The van der Waals surface area contributed by atoms with Gasteiger partial charge in [0.2, 0.25) is 0 Å². The number of hydrogen-bond acceptors (Lipinski definition) is 2. The molecule has 0 amide bonds. The van der Waals surface area contributed by atoms with Crippen molar-refractivity contribution >= 4 is 17.4 Å². The summed E-state index contributed by atoms with van der Waals surface area (Å²) >= 11 is 1.98. The second-order valence-electron chi connectivity index (χ2n) is 3.75. The van der Waals surface area contributed by atoms with Crippen LogP contribution in [0, 0.1) is 12.8 Å². The maximum Gasteiger partial charge on any atom is 0.0481 e. The number of thioether (sulfide) groups is 1. The van der Waals surface area contributed by atoms with Crippen LogP contribution >= 0.6 is 11.8 Å². The van der Waals surface area contributed by atoms with E-state index >= 15 is 0 Å². The van der Waals surface area contributed by atoms with E-state index in [0.717, 1.165) is 12.5 Å². The molecule has 1 N–H and O–H groups in total. The van der Waals surface area contributed by atoms with Crippen LogP contribution in [0.3, 0.4) is 0 Å². The molecule has 1 atom stereocenters. The number of hydrogen-bond donors (Lipinski definition) is 1. The lowest BCUT2D eigenvalue weighted by Gasteiger charge is -2.08. The van der Waals surface area contributed by atoms with Gasteiger partial charge in [0.25, 0.3) is 0 Å². The van der Waals surface area contributed by atoms with Crippen molar-refractivity contribution in [3.8, 4) is 0 Å². The van der Waals surface area contributed by atoms with Gasteiger partial charge >= 0.3 is 0 Å². The van der Waals surface area contributed by atoms with E-state index in [9.17, 15) is 0 Å². The van der Waals surface area contributed by atoms with Crippen LogP contribution in [0.2, 0.25) is 0 Å².